The fourth-order valence-electron chi connectivity index (χ4n) is 2.72. The Kier molecular flexibility index (Phi) is 5.91. The fourth-order valence-corrected chi connectivity index (χ4v) is 3.22. The van der Waals surface area contributed by atoms with Crippen molar-refractivity contribution in [3.8, 4) is 11.8 Å². The van der Waals surface area contributed by atoms with Crippen molar-refractivity contribution in [3.05, 3.63) is 82.8 Å². The second-order valence-corrected chi connectivity index (χ2v) is 7.06. The maximum absolute atomic E-state index is 13.7. The van der Waals surface area contributed by atoms with E-state index in [2.05, 4.69) is 29.6 Å². The normalized spacial score (nSPS) is 11.2. The summed E-state index contributed by atoms with van der Waals surface area (Å²) in [6, 6.07) is 11.1. The van der Waals surface area contributed by atoms with E-state index in [4.69, 9.17) is 16.9 Å². The van der Waals surface area contributed by atoms with Crippen LogP contribution in [0.3, 0.4) is 0 Å². The number of nitriles is 1. The SMILES string of the molecule is C=C(Cc1ccccc1Cl)Nc1cc(S)c(-n2cc(C#N)cn2)cc1C(F)(F)F. The second-order valence-electron chi connectivity index (χ2n) is 6.17. The number of hydrogen-bond donors (Lipinski definition) is 2. The van der Waals surface area contributed by atoms with Crippen LogP contribution in [0.5, 0.6) is 0 Å². The molecule has 0 unspecified atom stereocenters. The number of allylic oxidation sites excluding steroid dienone is 1. The van der Waals surface area contributed by atoms with Crippen molar-refractivity contribution in [1.29, 1.82) is 5.26 Å². The molecule has 3 aromatic rings. The van der Waals surface area contributed by atoms with Crippen molar-refractivity contribution in [1.82, 2.24) is 9.78 Å². The van der Waals surface area contributed by atoms with Gasteiger partial charge in [0, 0.05) is 28.2 Å². The summed E-state index contributed by atoms with van der Waals surface area (Å²) in [5.74, 6) is 0. The Morgan fingerprint density at radius 1 is 1.31 bits per heavy atom. The molecule has 0 spiro atoms. The molecule has 0 atom stereocenters. The highest BCUT2D eigenvalue weighted by molar-refractivity contribution is 7.80. The third kappa shape index (κ3) is 4.75. The van der Waals surface area contributed by atoms with E-state index in [1.807, 2.05) is 6.07 Å². The number of halogens is 4. The van der Waals surface area contributed by atoms with Crippen molar-refractivity contribution in [3.63, 3.8) is 0 Å². The molecule has 0 bridgehead atoms. The van der Waals surface area contributed by atoms with E-state index in [1.165, 1.54) is 23.1 Å². The van der Waals surface area contributed by atoms with Crippen molar-refractivity contribution < 1.29 is 13.2 Å². The number of nitrogens with zero attached hydrogens (tertiary/aromatic N) is 3. The van der Waals surface area contributed by atoms with Gasteiger partial charge in [0.05, 0.1) is 28.7 Å². The summed E-state index contributed by atoms with van der Waals surface area (Å²) in [6.07, 6.45) is -1.78. The maximum atomic E-state index is 13.7. The first kappa shape index (κ1) is 20.8. The third-order valence-electron chi connectivity index (χ3n) is 4.05. The number of rotatable bonds is 5. The Balaban J connectivity index is 1.96. The predicted octanol–water partition coefficient (Wildman–Crippen LogP) is 5.87. The molecule has 0 aliphatic carbocycles. The van der Waals surface area contributed by atoms with Gasteiger partial charge in [-0.3, -0.25) is 0 Å². The van der Waals surface area contributed by atoms with Gasteiger partial charge in [-0.25, -0.2) is 4.68 Å². The van der Waals surface area contributed by atoms with E-state index >= 15 is 0 Å². The molecule has 4 nitrogen and oxygen atoms in total. The molecule has 1 heterocycles. The van der Waals surface area contributed by atoms with Crippen LogP contribution in [-0.2, 0) is 12.6 Å². The van der Waals surface area contributed by atoms with E-state index in [9.17, 15) is 13.2 Å². The first-order valence-electron chi connectivity index (χ1n) is 8.26. The fraction of sp³-hybridized carbons (Fsp3) is 0.100. The van der Waals surface area contributed by atoms with Gasteiger partial charge < -0.3 is 5.32 Å². The summed E-state index contributed by atoms with van der Waals surface area (Å²) in [4.78, 5) is 0.249. The van der Waals surface area contributed by atoms with Crippen LogP contribution in [0.15, 0.2) is 66.0 Å². The number of aromatic nitrogens is 2. The lowest BCUT2D eigenvalue weighted by atomic mass is 10.1. The van der Waals surface area contributed by atoms with Gasteiger partial charge in [-0.1, -0.05) is 36.4 Å². The summed E-state index contributed by atoms with van der Waals surface area (Å²) in [6.45, 7) is 3.82. The Bertz CT molecular complexity index is 1120. The first-order valence-corrected chi connectivity index (χ1v) is 9.09. The van der Waals surface area contributed by atoms with Gasteiger partial charge in [-0.15, -0.1) is 12.6 Å². The third-order valence-corrected chi connectivity index (χ3v) is 4.78. The molecule has 0 radical (unpaired) electrons. The highest BCUT2D eigenvalue weighted by Gasteiger charge is 2.35. The van der Waals surface area contributed by atoms with Crippen LogP contribution in [0.25, 0.3) is 5.69 Å². The molecule has 2 aromatic carbocycles. The highest BCUT2D eigenvalue weighted by atomic mass is 35.5. The largest absolute Gasteiger partial charge is 0.418 e. The molecule has 0 aliphatic rings. The molecule has 0 fully saturated rings. The summed E-state index contributed by atoms with van der Waals surface area (Å²) >= 11 is 10.4. The van der Waals surface area contributed by atoms with E-state index in [-0.39, 0.29) is 28.3 Å². The van der Waals surface area contributed by atoms with Crippen LogP contribution in [-0.4, -0.2) is 9.78 Å². The van der Waals surface area contributed by atoms with Gasteiger partial charge in [0.2, 0.25) is 0 Å². The van der Waals surface area contributed by atoms with Gasteiger partial charge >= 0.3 is 6.18 Å². The summed E-state index contributed by atoms with van der Waals surface area (Å²) < 4.78 is 42.3. The quantitative estimate of drug-likeness (QED) is 0.493. The number of benzene rings is 2. The van der Waals surface area contributed by atoms with Crippen LogP contribution in [0.2, 0.25) is 5.02 Å². The molecule has 0 aliphatic heterocycles. The first-order chi connectivity index (χ1) is 13.7. The summed E-state index contributed by atoms with van der Waals surface area (Å²) in [7, 11) is 0. The van der Waals surface area contributed by atoms with Crippen LogP contribution in [0, 0.1) is 11.3 Å². The zero-order valence-corrected chi connectivity index (χ0v) is 16.5. The molecule has 9 heteroatoms. The standard InChI is InChI=1S/C20H14ClF3N4S/c1-12(6-14-4-2-3-5-16(14)21)27-17-8-19(29)18(7-15(17)20(22,23)24)28-11-13(9-25)10-26-28/h2-5,7-8,10-11,27,29H,1,6H2. The molecule has 0 saturated heterocycles. The molecule has 29 heavy (non-hydrogen) atoms. The van der Waals surface area contributed by atoms with Crippen LogP contribution < -0.4 is 5.32 Å². The lowest BCUT2D eigenvalue weighted by Gasteiger charge is -2.19. The van der Waals surface area contributed by atoms with E-state index < -0.39 is 11.7 Å². The maximum Gasteiger partial charge on any atom is 0.418 e. The number of anilines is 1. The van der Waals surface area contributed by atoms with E-state index in [0.717, 1.165) is 11.6 Å². The minimum absolute atomic E-state index is 0.101. The smallest absolute Gasteiger partial charge is 0.359 e. The topological polar surface area (TPSA) is 53.6 Å². The molecule has 1 aromatic heterocycles. The molecular weight excluding hydrogens is 421 g/mol. The van der Waals surface area contributed by atoms with Crippen molar-refractivity contribution >= 4 is 29.9 Å². The van der Waals surface area contributed by atoms with Gasteiger partial charge in [0.15, 0.2) is 0 Å². The minimum atomic E-state index is -4.63. The molecule has 0 amide bonds. The lowest BCUT2D eigenvalue weighted by molar-refractivity contribution is -0.137. The number of hydrogen-bond acceptors (Lipinski definition) is 4. The molecule has 1 N–H and O–H groups in total. The zero-order chi connectivity index (χ0) is 21.2. The number of thiol groups is 1. The summed E-state index contributed by atoms with van der Waals surface area (Å²) in [5.41, 5.74) is 0.320. The molecule has 148 valence electrons. The minimum Gasteiger partial charge on any atom is -0.359 e. The van der Waals surface area contributed by atoms with Gasteiger partial charge in [0.25, 0.3) is 0 Å². The van der Waals surface area contributed by atoms with Crippen molar-refractivity contribution in [2.24, 2.45) is 0 Å². The van der Waals surface area contributed by atoms with E-state index in [1.54, 1.807) is 24.3 Å². The van der Waals surface area contributed by atoms with Crippen LogP contribution in [0.1, 0.15) is 16.7 Å². The Hall–Kier alpha value is -2.89. The monoisotopic (exact) mass is 434 g/mol. The van der Waals surface area contributed by atoms with Gasteiger partial charge in [0.1, 0.15) is 6.07 Å². The highest BCUT2D eigenvalue weighted by Crippen LogP contribution is 2.39. The van der Waals surface area contributed by atoms with Gasteiger partial charge in [-0.2, -0.15) is 23.5 Å². The molecular formula is C20H14ClF3N4S. The number of alkyl halides is 3. The zero-order valence-electron chi connectivity index (χ0n) is 14.8. The molecule has 0 saturated carbocycles. The van der Waals surface area contributed by atoms with Crippen LogP contribution >= 0.6 is 24.2 Å². The van der Waals surface area contributed by atoms with Crippen molar-refractivity contribution in [2.75, 3.05) is 5.32 Å². The average molecular weight is 435 g/mol. The second kappa shape index (κ2) is 8.23. The van der Waals surface area contributed by atoms with E-state index in [0.29, 0.717) is 10.7 Å². The summed E-state index contributed by atoms with van der Waals surface area (Å²) in [5, 5.41) is 16.1. The Morgan fingerprint density at radius 2 is 2.03 bits per heavy atom. The lowest BCUT2D eigenvalue weighted by Crippen LogP contribution is -2.13. The molecule has 3 rings (SSSR count). The van der Waals surface area contributed by atoms with Gasteiger partial charge in [-0.05, 0) is 23.8 Å². The predicted molar refractivity (Wildman–Crippen MR) is 108 cm³/mol. The van der Waals surface area contributed by atoms with Crippen LogP contribution in [0.4, 0.5) is 18.9 Å². The Labute approximate surface area is 175 Å². The average Bonchev–Trinajstić information content (AvgIpc) is 3.11. The Morgan fingerprint density at radius 3 is 2.66 bits per heavy atom. The van der Waals surface area contributed by atoms with Crippen molar-refractivity contribution in [2.45, 2.75) is 17.5 Å². The number of nitrogens with one attached hydrogen (secondary N) is 1.